The molecule has 0 atom stereocenters. The molecule has 0 saturated heterocycles. The van der Waals surface area contributed by atoms with Crippen LogP contribution in [0.3, 0.4) is 0 Å². The van der Waals surface area contributed by atoms with Gasteiger partial charge in [0.05, 0.1) is 0 Å². The molecule has 0 bridgehead atoms. The molecule has 2 nitrogen and oxygen atoms in total. The number of hydrogen-bond acceptors (Lipinski definition) is 2. The zero-order valence-corrected chi connectivity index (χ0v) is 12.9. The quantitative estimate of drug-likeness (QED) is 0.753. The number of fused-ring (bicyclic) bond motifs is 2. The number of nitrogens with one attached hydrogen (secondary N) is 1. The summed E-state index contributed by atoms with van der Waals surface area (Å²) >= 11 is 0. The van der Waals surface area contributed by atoms with Gasteiger partial charge in [-0.05, 0) is 17.7 Å². The largest absolute Gasteiger partial charge is 0.457 e. The van der Waals surface area contributed by atoms with Crippen LogP contribution in [0.1, 0.15) is 22.6 Å². The lowest BCUT2D eigenvalue weighted by Gasteiger charge is -2.28. The van der Waals surface area contributed by atoms with Crippen LogP contribution < -0.4 is 10.1 Å². The smallest absolute Gasteiger partial charge is 0.131 e. The Morgan fingerprint density at radius 1 is 0.696 bits per heavy atom. The second-order valence-electron chi connectivity index (χ2n) is 5.85. The summed E-state index contributed by atoms with van der Waals surface area (Å²) in [5, 5.41) is 3.60. The van der Waals surface area contributed by atoms with Crippen LogP contribution in [0, 0.1) is 0 Å². The van der Waals surface area contributed by atoms with Crippen molar-refractivity contribution in [3.05, 3.63) is 95.6 Å². The maximum absolute atomic E-state index is 6.04. The summed E-state index contributed by atoms with van der Waals surface area (Å²) in [7, 11) is 0. The first-order chi connectivity index (χ1) is 11.4. The Morgan fingerprint density at radius 3 is 1.91 bits per heavy atom. The van der Waals surface area contributed by atoms with Crippen LogP contribution in [-0.4, -0.2) is 6.54 Å². The van der Waals surface area contributed by atoms with E-state index >= 15 is 0 Å². The molecule has 0 amide bonds. The number of para-hydroxylation sites is 2. The van der Waals surface area contributed by atoms with E-state index in [9.17, 15) is 0 Å². The molecule has 0 aliphatic carbocycles. The lowest BCUT2D eigenvalue weighted by molar-refractivity contribution is 0.440. The highest BCUT2D eigenvalue weighted by molar-refractivity contribution is 5.53. The Morgan fingerprint density at radius 2 is 1.26 bits per heavy atom. The van der Waals surface area contributed by atoms with Gasteiger partial charge in [0.25, 0.3) is 0 Å². The third-order valence-corrected chi connectivity index (χ3v) is 4.33. The van der Waals surface area contributed by atoms with E-state index in [-0.39, 0.29) is 0 Å². The number of benzene rings is 3. The Labute approximate surface area is 136 Å². The molecule has 0 unspecified atom stereocenters. The first-order valence-corrected chi connectivity index (χ1v) is 8.02. The van der Waals surface area contributed by atoms with Crippen molar-refractivity contribution in [3.63, 3.8) is 0 Å². The highest BCUT2D eigenvalue weighted by Crippen LogP contribution is 2.43. The molecule has 1 aliphatic heterocycles. The Bertz CT molecular complexity index is 752. The summed E-state index contributed by atoms with van der Waals surface area (Å²) in [4.78, 5) is 0. The van der Waals surface area contributed by atoms with E-state index in [0.717, 1.165) is 24.6 Å². The van der Waals surface area contributed by atoms with Crippen molar-refractivity contribution < 1.29 is 4.74 Å². The van der Waals surface area contributed by atoms with Gasteiger partial charge in [0.15, 0.2) is 0 Å². The van der Waals surface area contributed by atoms with Crippen molar-refractivity contribution >= 4 is 0 Å². The summed E-state index contributed by atoms with van der Waals surface area (Å²) < 4.78 is 6.04. The van der Waals surface area contributed by atoms with Crippen molar-refractivity contribution in [2.45, 2.75) is 12.5 Å². The normalized spacial score (nSPS) is 13.0. The fourth-order valence-corrected chi connectivity index (χ4v) is 3.19. The average molecular weight is 301 g/mol. The highest BCUT2D eigenvalue weighted by Gasteiger charge is 2.26. The van der Waals surface area contributed by atoms with Crippen molar-refractivity contribution in [2.24, 2.45) is 0 Å². The lowest BCUT2D eigenvalue weighted by Crippen LogP contribution is -2.24. The molecule has 3 aromatic carbocycles. The fraction of sp³-hybridized carbons (Fsp3) is 0.143. The zero-order chi connectivity index (χ0) is 15.5. The molecular weight excluding hydrogens is 282 g/mol. The van der Waals surface area contributed by atoms with E-state index in [1.165, 1.54) is 16.7 Å². The Kier molecular flexibility index (Phi) is 3.83. The van der Waals surface area contributed by atoms with Gasteiger partial charge in [-0.15, -0.1) is 0 Å². The minimum Gasteiger partial charge on any atom is -0.457 e. The Hall–Kier alpha value is -2.58. The second kappa shape index (κ2) is 6.27. The minimum absolute atomic E-state index is 0.319. The van der Waals surface area contributed by atoms with E-state index in [0.29, 0.717) is 5.92 Å². The van der Waals surface area contributed by atoms with Crippen LogP contribution in [0.2, 0.25) is 0 Å². The zero-order valence-electron chi connectivity index (χ0n) is 12.9. The van der Waals surface area contributed by atoms with Gasteiger partial charge in [0.1, 0.15) is 11.5 Å². The van der Waals surface area contributed by atoms with Crippen LogP contribution in [0.5, 0.6) is 11.5 Å². The third-order valence-electron chi connectivity index (χ3n) is 4.33. The molecule has 0 saturated carbocycles. The van der Waals surface area contributed by atoms with Crippen LogP contribution in [0.15, 0.2) is 78.9 Å². The van der Waals surface area contributed by atoms with Gasteiger partial charge >= 0.3 is 0 Å². The molecule has 1 N–H and O–H groups in total. The lowest BCUT2D eigenvalue weighted by atomic mass is 9.88. The molecule has 2 heteroatoms. The van der Waals surface area contributed by atoms with Crippen LogP contribution in [-0.2, 0) is 6.54 Å². The average Bonchev–Trinajstić information content (AvgIpc) is 2.62. The molecule has 1 aliphatic rings. The van der Waals surface area contributed by atoms with E-state index in [1.54, 1.807) is 0 Å². The van der Waals surface area contributed by atoms with Gasteiger partial charge in [-0.2, -0.15) is 0 Å². The number of hydrogen-bond donors (Lipinski definition) is 1. The maximum Gasteiger partial charge on any atom is 0.131 e. The van der Waals surface area contributed by atoms with Gasteiger partial charge in [-0.1, -0.05) is 66.7 Å². The van der Waals surface area contributed by atoms with Crippen LogP contribution >= 0.6 is 0 Å². The first-order valence-electron chi connectivity index (χ1n) is 8.02. The van der Waals surface area contributed by atoms with Gasteiger partial charge in [-0.3, -0.25) is 0 Å². The van der Waals surface area contributed by atoms with Gasteiger partial charge in [-0.25, -0.2) is 0 Å². The van der Waals surface area contributed by atoms with Crippen molar-refractivity contribution in [1.29, 1.82) is 0 Å². The van der Waals surface area contributed by atoms with Gasteiger partial charge < -0.3 is 10.1 Å². The predicted octanol–water partition coefficient (Wildman–Crippen LogP) is 4.71. The van der Waals surface area contributed by atoms with Crippen LogP contribution in [0.4, 0.5) is 0 Å². The maximum atomic E-state index is 6.04. The standard InChI is InChI=1S/C21H19NO/c1-2-8-16(9-3-1)14-22-15-19-17-10-4-6-12-20(17)23-21-13-7-5-11-18(19)21/h1-13,19,22H,14-15H2. The molecule has 0 spiro atoms. The molecule has 3 aromatic rings. The molecule has 0 radical (unpaired) electrons. The third kappa shape index (κ3) is 2.86. The highest BCUT2D eigenvalue weighted by atomic mass is 16.5. The topological polar surface area (TPSA) is 21.3 Å². The van der Waals surface area contributed by atoms with E-state index in [4.69, 9.17) is 4.74 Å². The minimum atomic E-state index is 0.319. The molecule has 0 fully saturated rings. The first kappa shape index (κ1) is 14.0. The predicted molar refractivity (Wildman–Crippen MR) is 92.9 cm³/mol. The van der Waals surface area contributed by atoms with Crippen molar-refractivity contribution in [2.75, 3.05) is 6.54 Å². The van der Waals surface area contributed by atoms with Crippen LogP contribution in [0.25, 0.3) is 0 Å². The molecule has 114 valence electrons. The van der Waals surface area contributed by atoms with Crippen molar-refractivity contribution in [1.82, 2.24) is 5.32 Å². The summed E-state index contributed by atoms with van der Waals surface area (Å²) in [6.45, 7) is 1.77. The van der Waals surface area contributed by atoms with Gasteiger partial charge in [0, 0.05) is 30.1 Å². The van der Waals surface area contributed by atoms with Crippen molar-refractivity contribution in [3.8, 4) is 11.5 Å². The van der Waals surface area contributed by atoms with E-state index in [1.807, 2.05) is 12.1 Å². The molecule has 4 rings (SSSR count). The SMILES string of the molecule is c1ccc(CNCC2c3ccccc3Oc3ccccc32)cc1. The Balaban J connectivity index is 1.57. The monoisotopic (exact) mass is 301 g/mol. The second-order valence-corrected chi connectivity index (χ2v) is 5.85. The van der Waals surface area contributed by atoms with E-state index in [2.05, 4.69) is 72.0 Å². The van der Waals surface area contributed by atoms with E-state index < -0.39 is 0 Å². The molecule has 1 heterocycles. The number of rotatable bonds is 4. The summed E-state index contributed by atoms with van der Waals surface area (Å²) in [5.74, 6) is 2.26. The fourth-order valence-electron chi connectivity index (χ4n) is 3.19. The summed E-state index contributed by atoms with van der Waals surface area (Å²) in [5.41, 5.74) is 3.82. The summed E-state index contributed by atoms with van der Waals surface area (Å²) in [6.07, 6.45) is 0. The summed E-state index contributed by atoms with van der Waals surface area (Å²) in [6, 6.07) is 27.2. The molecular formula is C21H19NO. The number of ether oxygens (including phenoxy) is 1. The van der Waals surface area contributed by atoms with Gasteiger partial charge in [0.2, 0.25) is 0 Å². The molecule has 23 heavy (non-hydrogen) atoms. The molecule has 0 aromatic heterocycles.